The van der Waals surface area contributed by atoms with Crippen molar-refractivity contribution in [3.8, 4) is 5.75 Å². The number of hydrogen-bond donors (Lipinski definition) is 0. The lowest BCUT2D eigenvalue weighted by Crippen LogP contribution is -2.05. The van der Waals surface area contributed by atoms with E-state index in [2.05, 4.69) is 0 Å². The van der Waals surface area contributed by atoms with Gasteiger partial charge in [0.1, 0.15) is 5.75 Å². The topological polar surface area (TPSA) is 26.3 Å². The van der Waals surface area contributed by atoms with E-state index in [-0.39, 0.29) is 11.9 Å². The van der Waals surface area contributed by atoms with Gasteiger partial charge in [-0.25, -0.2) is 0 Å². The third kappa shape index (κ3) is 2.98. The van der Waals surface area contributed by atoms with Crippen LogP contribution in [0.25, 0.3) is 10.1 Å². The molecule has 106 valence electrons. The number of hydrogen-bond acceptors (Lipinski definition) is 3. The SMILES string of the molecule is CC(C)Oc1ccc(C(=O)c2cc3ccccc3s2)cc1. The van der Waals surface area contributed by atoms with Gasteiger partial charge in [-0.05, 0) is 55.6 Å². The summed E-state index contributed by atoms with van der Waals surface area (Å²) in [6.07, 6.45) is 0.133. The van der Waals surface area contributed by atoms with Gasteiger partial charge < -0.3 is 4.74 Å². The van der Waals surface area contributed by atoms with Gasteiger partial charge in [0.2, 0.25) is 5.78 Å². The standard InChI is InChI=1S/C18H16O2S/c1-12(2)20-15-9-7-13(8-10-15)18(19)17-11-14-5-3-4-6-16(14)21-17/h3-12H,1-2H3. The molecular formula is C18H16O2S. The molecule has 0 aliphatic carbocycles. The predicted molar refractivity (Wildman–Crippen MR) is 87.5 cm³/mol. The van der Waals surface area contributed by atoms with E-state index in [1.807, 2.05) is 68.4 Å². The van der Waals surface area contributed by atoms with Crippen molar-refractivity contribution in [1.29, 1.82) is 0 Å². The molecule has 1 aromatic heterocycles. The Morgan fingerprint density at radius 3 is 2.43 bits per heavy atom. The van der Waals surface area contributed by atoms with Gasteiger partial charge in [0.25, 0.3) is 0 Å². The van der Waals surface area contributed by atoms with E-state index in [1.165, 1.54) is 11.3 Å². The van der Waals surface area contributed by atoms with Crippen LogP contribution in [0.2, 0.25) is 0 Å². The van der Waals surface area contributed by atoms with E-state index in [0.717, 1.165) is 20.7 Å². The molecule has 0 aliphatic heterocycles. The number of fused-ring (bicyclic) bond motifs is 1. The molecule has 0 unspecified atom stereocenters. The molecule has 2 nitrogen and oxygen atoms in total. The highest BCUT2D eigenvalue weighted by atomic mass is 32.1. The quantitative estimate of drug-likeness (QED) is 0.639. The van der Waals surface area contributed by atoms with E-state index in [4.69, 9.17) is 4.74 Å². The Morgan fingerprint density at radius 1 is 1.05 bits per heavy atom. The first-order valence-electron chi connectivity index (χ1n) is 6.93. The number of ketones is 1. The van der Waals surface area contributed by atoms with Gasteiger partial charge in [-0.15, -0.1) is 11.3 Å². The zero-order chi connectivity index (χ0) is 14.8. The average Bonchev–Trinajstić information content (AvgIpc) is 2.90. The summed E-state index contributed by atoms with van der Waals surface area (Å²) < 4.78 is 6.73. The van der Waals surface area contributed by atoms with Crippen molar-refractivity contribution in [2.45, 2.75) is 20.0 Å². The second-order valence-electron chi connectivity index (χ2n) is 5.17. The number of carbonyl (C=O) groups is 1. The highest BCUT2D eigenvalue weighted by Crippen LogP contribution is 2.27. The number of rotatable bonds is 4. The molecule has 3 aromatic rings. The molecule has 0 aliphatic rings. The van der Waals surface area contributed by atoms with Gasteiger partial charge >= 0.3 is 0 Å². The van der Waals surface area contributed by atoms with Gasteiger partial charge in [-0.1, -0.05) is 18.2 Å². The monoisotopic (exact) mass is 296 g/mol. The summed E-state index contributed by atoms with van der Waals surface area (Å²) in [6, 6.07) is 17.3. The molecule has 0 saturated carbocycles. The normalized spacial score (nSPS) is 11.0. The molecule has 3 heteroatoms. The summed E-state index contributed by atoms with van der Waals surface area (Å²) in [5.41, 5.74) is 0.692. The van der Waals surface area contributed by atoms with Crippen LogP contribution in [0.1, 0.15) is 29.1 Å². The minimum atomic E-state index is 0.0623. The third-order valence-corrected chi connectivity index (χ3v) is 4.25. The molecule has 0 fully saturated rings. The molecule has 1 heterocycles. The maximum absolute atomic E-state index is 12.5. The Hall–Kier alpha value is -2.13. The van der Waals surface area contributed by atoms with Gasteiger partial charge in [-0.2, -0.15) is 0 Å². The summed E-state index contributed by atoms with van der Waals surface area (Å²) in [7, 11) is 0. The molecule has 2 aromatic carbocycles. The first-order chi connectivity index (χ1) is 10.1. The fourth-order valence-corrected chi connectivity index (χ4v) is 3.22. The molecule has 0 amide bonds. The van der Waals surface area contributed by atoms with Crippen LogP contribution in [0.4, 0.5) is 0 Å². The lowest BCUT2D eigenvalue weighted by atomic mass is 10.1. The van der Waals surface area contributed by atoms with Crippen molar-refractivity contribution in [1.82, 2.24) is 0 Å². The van der Waals surface area contributed by atoms with Crippen LogP contribution in [0.5, 0.6) is 5.75 Å². The van der Waals surface area contributed by atoms with E-state index < -0.39 is 0 Å². The van der Waals surface area contributed by atoms with Crippen molar-refractivity contribution in [2.75, 3.05) is 0 Å². The van der Waals surface area contributed by atoms with Crippen LogP contribution < -0.4 is 4.74 Å². The second kappa shape index (κ2) is 5.70. The van der Waals surface area contributed by atoms with Crippen LogP contribution in [0.3, 0.4) is 0 Å². The van der Waals surface area contributed by atoms with Crippen molar-refractivity contribution >= 4 is 27.2 Å². The fourth-order valence-electron chi connectivity index (χ4n) is 2.19. The highest BCUT2D eigenvalue weighted by molar-refractivity contribution is 7.21. The van der Waals surface area contributed by atoms with E-state index in [1.54, 1.807) is 0 Å². The van der Waals surface area contributed by atoms with E-state index in [0.29, 0.717) is 5.56 Å². The third-order valence-electron chi connectivity index (χ3n) is 3.14. The Labute approximate surface area is 128 Å². The summed E-state index contributed by atoms with van der Waals surface area (Å²) in [5, 5.41) is 1.12. The molecule has 0 radical (unpaired) electrons. The fraction of sp³-hybridized carbons (Fsp3) is 0.167. The van der Waals surface area contributed by atoms with Crippen LogP contribution in [-0.2, 0) is 0 Å². The second-order valence-corrected chi connectivity index (χ2v) is 6.25. The lowest BCUT2D eigenvalue weighted by molar-refractivity contribution is 0.104. The largest absolute Gasteiger partial charge is 0.491 e. The summed E-state index contributed by atoms with van der Waals surface area (Å²) >= 11 is 1.53. The van der Waals surface area contributed by atoms with Crippen molar-refractivity contribution in [3.05, 3.63) is 65.0 Å². The van der Waals surface area contributed by atoms with E-state index >= 15 is 0 Å². The zero-order valence-corrected chi connectivity index (χ0v) is 12.8. The molecule has 0 atom stereocenters. The van der Waals surface area contributed by atoms with Crippen LogP contribution in [-0.4, -0.2) is 11.9 Å². The van der Waals surface area contributed by atoms with Crippen LogP contribution >= 0.6 is 11.3 Å². The van der Waals surface area contributed by atoms with Crippen molar-refractivity contribution in [2.24, 2.45) is 0 Å². The smallest absolute Gasteiger partial charge is 0.202 e. The Kier molecular flexibility index (Phi) is 3.76. The van der Waals surface area contributed by atoms with Crippen LogP contribution in [0, 0.1) is 0 Å². The maximum Gasteiger partial charge on any atom is 0.202 e. The number of thiophene rings is 1. The van der Waals surface area contributed by atoms with Crippen molar-refractivity contribution in [3.63, 3.8) is 0 Å². The minimum Gasteiger partial charge on any atom is -0.491 e. The number of benzene rings is 2. The summed E-state index contributed by atoms with van der Waals surface area (Å²) in [4.78, 5) is 13.3. The Balaban J connectivity index is 1.87. The zero-order valence-electron chi connectivity index (χ0n) is 12.0. The first-order valence-corrected chi connectivity index (χ1v) is 7.75. The molecule has 0 N–H and O–H groups in total. The molecule has 21 heavy (non-hydrogen) atoms. The lowest BCUT2D eigenvalue weighted by Gasteiger charge is -2.09. The summed E-state index contributed by atoms with van der Waals surface area (Å²) in [5.74, 6) is 0.852. The highest BCUT2D eigenvalue weighted by Gasteiger charge is 2.12. The molecule has 0 spiro atoms. The molecule has 0 saturated heterocycles. The van der Waals surface area contributed by atoms with Gasteiger partial charge in [-0.3, -0.25) is 4.79 Å². The maximum atomic E-state index is 12.5. The van der Waals surface area contributed by atoms with Gasteiger partial charge in [0.05, 0.1) is 11.0 Å². The number of carbonyl (C=O) groups excluding carboxylic acids is 1. The Bertz CT molecular complexity index is 736. The first kappa shape index (κ1) is 13.8. The molecular weight excluding hydrogens is 280 g/mol. The molecule has 0 bridgehead atoms. The van der Waals surface area contributed by atoms with Crippen LogP contribution in [0.15, 0.2) is 54.6 Å². The minimum absolute atomic E-state index is 0.0623. The van der Waals surface area contributed by atoms with Gasteiger partial charge in [0, 0.05) is 10.3 Å². The van der Waals surface area contributed by atoms with Gasteiger partial charge in [0.15, 0.2) is 0 Å². The Morgan fingerprint density at radius 2 is 1.76 bits per heavy atom. The average molecular weight is 296 g/mol. The molecule has 3 rings (SSSR count). The van der Waals surface area contributed by atoms with E-state index in [9.17, 15) is 4.79 Å². The predicted octanol–water partition coefficient (Wildman–Crippen LogP) is 4.92. The van der Waals surface area contributed by atoms with Crippen molar-refractivity contribution < 1.29 is 9.53 Å². The summed E-state index contributed by atoms with van der Waals surface area (Å²) in [6.45, 7) is 3.96. The number of ether oxygens (including phenoxy) is 1.